The van der Waals surface area contributed by atoms with Crippen molar-refractivity contribution in [3.05, 3.63) is 83.6 Å². The summed E-state index contributed by atoms with van der Waals surface area (Å²) in [6.45, 7) is 3.02. The van der Waals surface area contributed by atoms with Crippen LogP contribution in [0.15, 0.2) is 71.2 Å². The number of furan rings is 1. The van der Waals surface area contributed by atoms with Gasteiger partial charge < -0.3 is 18.8 Å². The molecule has 6 nitrogen and oxygen atoms in total. The summed E-state index contributed by atoms with van der Waals surface area (Å²) in [5.41, 5.74) is 2.69. The summed E-state index contributed by atoms with van der Waals surface area (Å²) in [6, 6.07) is 18.2. The Morgan fingerprint density at radius 1 is 1.00 bits per heavy atom. The number of ketones is 1. The lowest BCUT2D eigenvalue weighted by Gasteiger charge is -2.29. The van der Waals surface area contributed by atoms with E-state index in [0.29, 0.717) is 41.4 Å². The average Bonchev–Trinajstić information content (AvgIpc) is 3.31. The molecule has 0 saturated carbocycles. The molecule has 0 aliphatic carbocycles. The molecular weight excluding hydrogens is 394 g/mol. The largest absolute Gasteiger partial charge is 0.465 e. The van der Waals surface area contributed by atoms with E-state index >= 15 is 0 Å². The molecular formula is C25H23NO5. The van der Waals surface area contributed by atoms with Gasteiger partial charge in [-0.1, -0.05) is 30.3 Å². The summed E-state index contributed by atoms with van der Waals surface area (Å²) in [5, 5.41) is 0. The van der Waals surface area contributed by atoms with Gasteiger partial charge in [0.25, 0.3) is 0 Å². The first-order chi connectivity index (χ1) is 15.2. The number of nitrogens with zero attached hydrogens (tertiary/aromatic N) is 1. The maximum absolute atomic E-state index is 12.7. The molecule has 0 radical (unpaired) electrons. The molecule has 0 N–H and O–H groups in total. The highest BCUT2D eigenvalue weighted by molar-refractivity contribution is 6.07. The molecule has 1 aliphatic heterocycles. The fourth-order valence-corrected chi connectivity index (χ4v) is 3.50. The van der Waals surface area contributed by atoms with Gasteiger partial charge in [0.05, 0.1) is 25.9 Å². The third-order valence-electron chi connectivity index (χ3n) is 5.13. The Morgan fingerprint density at radius 2 is 1.81 bits per heavy atom. The summed E-state index contributed by atoms with van der Waals surface area (Å²) in [6.07, 6.45) is 3.13. The Bertz CT molecular complexity index is 1110. The van der Waals surface area contributed by atoms with Crippen molar-refractivity contribution in [2.45, 2.75) is 0 Å². The predicted molar refractivity (Wildman–Crippen MR) is 118 cm³/mol. The Hall–Kier alpha value is -3.64. The monoisotopic (exact) mass is 417 g/mol. The van der Waals surface area contributed by atoms with Crippen molar-refractivity contribution in [1.29, 1.82) is 0 Å². The molecule has 0 amide bonds. The highest BCUT2D eigenvalue weighted by Crippen LogP contribution is 2.27. The summed E-state index contributed by atoms with van der Waals surface area (Å²) in [7, 11) is 1.34. The van der Waals surface area contributed by atoms with Crippen molar-refractivity contribution >= 4 is 23.5 Å². The van der Waals surface area contributed by atoms with Gasteiger partial charge in [0.15, 0.2) is 5.78 Å². The molecule has 1 aromatic heterocycles. The second-order valence-corrected chi connectivity index (χ2v) is 7.09. The highest BCUT2D eigenvalue weighted by atomic mass is 16.5. The number of esters is 1. The summed E-state index contributed by atoms with van der Waals surface area (Å²) >= 11 is 0. The predicted octanol–water partition coefficient (Wildman–Crippen LogP) is 4.47. The zero-order valence-corrected chi connectivity index (χ0v) is 17.2. The summed E-state index contributed by atoms with van der Waals surface area (Å²) in [5.74, 6) is 0.511. The van der Waals surface area contributed by atoms with Gasteiger partial charge in [0.2, 0.25) is 0 Å². The first-order valence-corrected chi connectivity index (χ1v) is 10.1. The molecule has 0 unspecified atom stereocenters. The third kappa shape index (κ3) is 4.75. The first-order valence-electron chi connectivity index (χ1n) is 10.1. The molecule has 2 aromatic carbocycles. The quantitative estimate of drug-likeness (QED) is 0.335. The van der Waals surface area contributed by atoms with Crippen molar-refractivity contribution in [1.82, 2.24) is 0 Å². The first kappa shape index (κ1) is 20.6. The van der Waals surface area contributed by atoms with Crippen LogP contribution < -0.4 is 4.90 Å². The van der Waals surface area contributed by atoms with Crippen LogP contribution in [0.1, 0.15) is 26.5 Å². The number of allylic oxidation sites excluding steroid dienone is 1. The van der Waals surface area contributed by atoms with Crippen molar-refractivity contribution in [2.75, 3.05) is 38.3 Å². The van der Waals surface area contributed by atoms with Crippen LogP contribution in [0.4, 0.5) is 5.69 Å². The fourth-order valence-electron chi connectivity index (χ4n) is 3.50. The number of methoxy groups -OCH3 is 1. The number of hydrogen-bond donors (Lipinski definition) is 0. The van der Waals surface area contributed by atoms with E-state index in [0.717, 1.165) is 18.8 Å². The van der Waals surface area contributed by atoms with E-state index in [1.165, 1.54) is 13.2 Å². The number of morpholine rings is 1. The Kier molecular flexibility index (Phi) is 6.29. The Morgan fingerprint density at radius 3 is 2.61 bits per heavy atom. The SMILES string of the molecule is COC(=O)c1ccccc1-c1ccc(/C=C\C(=O)c2cccc(N3CCOCC3)c2)o1. The number of rotatable bonds is 6. The van der Waals surface area contributed by atoms with Crippen LogP contribution >= 0.6 is 0 Å². The van der Waals surface area contributed by atoms with Crippen LogP contribution in [0.2, 0.25) is 0 Å². The molecule has 0 spiro atoms. The fraction of sp³-hybridized carbons (Fsp3) is 0.200. The zero-order chi connectivity index (χ0) is 21.6. The number of anilines is 1. The van der Waals surface area contributed by atoms with Crippen molar-refractivity contribution in [2.24, 2.45) is 0 Å². The highest BCUT2D eigenvalue weighted by Gasteiger charge is 2.15. The van der Waals surface area contributed by atoms with Gasteiger partial charge >= 0.3 is 5.97 Å². The molecule has 6 heteroatoms. The van der Waals surface area contributed by atoms with Crippen LogP contribution in [0.5, 0.6) is 0 Å². The molecule has 4 rings (SSSR count). The minimum Gasteiger partial charge on any atom is -0.465 e. The zero-order valence-electron chi connectivity index (χ0n) is 17.2. The molecule has 3 aromatic rings. The van der Waals surface area contributed by atoms with Crippen LogP contribution in [0, 0.1) is 0 Å². The number of carbonyl (C=O) groups is 2. The second kappa shape index (κ2) is 9.45. The maximum Gasteiger partial charge on any atom is 0.338 e. The summed E-state index contributed by atoms with van der Waals surface area (Å²) in [4.78, 5) is 26.9. The van der Waals surface area contributed by atoms with E-state index in [1.54, 1.807) is 42.5 Å². The van der Waals surface area contributed by atoms with Gasteiger partial charge in [-0.2, -0.15) is 0 Å². The molecule has 31 heavy (non-hydrogen) atoms. The van der Waals surface area contributed by atoms with Crippen molar-refractivity contribution in [3.8, 4) is 11.3 Å². The van der Waals surface area contributed by atoms with Gasteiger partial charge in [0.1, 0.15) is 11.5 Å². The lowest BCUT2D eigenvalue weighted by atomic mass is 10.1. The van der Waals surface area contributed by atoms with E-state index in [9.17, 15) is 9.59 Å². The molecule has 0 bridgehead atoms. The second-order valence-electron chi connectivity index (χ2n) is 7.09. The van der Waals surface area contributed by atoms with Gasteiger partial charge in [-0.25, -0.2) is 4.79 Å². The molecule has 1 fully saturated rings. The van der Waals surface area contributed by atoms with Crippen LogP contribution in [0.25, 0.3) is 17.4 Å². The van der Waals surface area contributed by atoms with Gasteiger partial charge in [-0.15, -0.1) is 0 Å². The summed E-state index contributed by atoms with van der Waals surface area (Å²) < 4.78 is 16.1. The standard InChI is InChI=1S/C25H23NO5/c1-29-25(28)22-8-3-2-7-21(22)24-12-10-20(31-24)9-11-23(27)18-5-4-6-19(17-18)26-13-15-30-16-14-26/h2-12,17H,13-16H2,1H3/b11-9-. The Labute approximate surface area is 180 Å². The van der Waals surface area contributed by atoms with Crippen molar-refractivity contribution < 1.29 is 23.5 Å². The molecule has 1 aliphatic rings. The number of ether oxygens (including phenoxy) is 2. The number of benzene rings is 2. The van der Waals surface area contributed by atoms with Gasteiger partial charge in [0, 0.05) is 29.9 Å². The lowest BCUT2D eigenvalue weighted by Crippen LogP contribution is -2.36. The van der Waals surface area contributed by atoms with E-state index in [2.05, 4.69) is 4.90 Å². The Balaban J connectivity index is 1.50. The van der Waals surface area contributed by atoms with E-state index in [4.69, 9.17) is 13.9 Å². The van der Waals surface area contributed by atoms with Gasteiger partial charge in [-0.05, 0) is 42.5 Å². The van der Waals surface area contributed by atoms with E-state index in [-0.39, 0.29) is 5.78 Å². The molecule has 2 heterocycles. The van der Waals surface area contributed by atoms with Crippen LogP contribution in [-0.4, -0.2) is 45.2 Å². The number of carbonyl (C=O) groups excluding carboxylic acids is 2. The van der Waals surface area contributed by atoms with E-state index in [1.807, 2.05) is 24.3 Å². The average molecular weight is 417 g/mol. The molecule has 158 valence electrons. The molecule has 0 atom stereocenters. The minimum absolute atomic E-state index is 0.108. The maximum atomic E-state index is 12.7. The number of hydrogen-bond acceptors (Lipinski definition) is 6. The van der Waals surface area contributed by atoms with Crippen LogP contribution in [-0.2, 0) is 9.47 Å². The van der Waals surface area contributed by atoms with Crippen molar-refractivity contribution in [3.63, 3.8) is 0 Å². The normalized spacial score (nSPS) is 14.0. The smallest absolute Gasteiger partial charge is 0.338 e. The topological polar surface area (TPSA) is 69.0 Å². The lowest BCUT2D eigenvalue weighted by molar-refractivity contribution is 0.0601. The third-order valence-corrected chi connectivity index (χ3v) is 5.13. The van der Waals surface area contributed by atoms with Crippen LogP contribution in [0.3, 0.4) is 0 Å². The minimum atomic E-state index is -0.431. The van der Waals surface area contributed by atoms with E-state index < -0.39 is 5.97 Å². The molecule has 1 saturated heterocycles. The van der Waals surface area contributed by atoms with Gasteiger partial charge in [-0.3, -0.25) is 4.79 Å².